The molecule has 1 amide bonds. The molecule has 7 N–H and O–H groups in total. The molecule has 0 bridgehead atoms. The number of hydrogen-bond acceptors (Lipinski definition) is 12. The first-order valence-electron chi connectivity index (χ1n) is 14.8. The average molecular weight is 643 g/mol. The van der Waals surface area contributed by atoms with Crippen LogP contribution in [-0.4, -0.2) is 81.2 Å². The number of rotatable bonds is 10. The first-order chi connectivity index (χ1) is 21.3. The van der Waals surface area contributed by atoms with Crippen molar-refractivity contribution >= 4 is 40.2 Å². The average Bonchev–Trinajstić information content (AvgIpc) is 3.24. The van der Waals surface area contributed by atoms with Gasteiger partial charge in [0.25, 0.3) is 0 Å². The Morgan fingerprint density at radius 1 is 1.18 bits per heavy atom. The highest BCUT2D eigenvalue weighted by Crippen LogP contribution is 2.69. The van der Waals surface area contributed by atoms with Gasteiger partial charge in [0.15, 0.2) is 28.4 Å². The van der Waals surface area contributed by atoms with E-state index in [9.17, 15) is 19.1 Å². The first-order valence-corrected chi connectivity index (χ1v) is 15.6. The molecule has 0 radical (unpaired) electrons. The molecule has 2 aliphatic rings. The lowest BCUT2D eigenvalue weighted by Gasteiger charge is -2.35. The van der Waals surface area contributed by atoms with Crippen molar-refractivity contribution in [3.8, 4) is 11.8 Å². The minimum Gasteiger partial charge on any atom is -0.457 e. The molecule has 0 saturated heterocycles. The predicted molar refractivity (Wildman–Crippen MR) is 165 cm³/mol. The lowest BCUT2D eigenvalue weighted by atomic mass is 9.96. The normalized spacial score (nSPS) is 25.8. The zero-order valence-corrected chi connectivity index (χ0v) is 26.8. The molecule has 2 fully saturated rings. The van der Waals surface area contributed by atoms with E-state index in [1.807, 2.05) is 13.8 Å². The van der Waals surface area contributed by atoms with Crippen molar-refractivity contribution in [3.05, 3.63) is 34.3 Å². The lowest BCUT2D eigenvalue weighted by Crippen LogP contribution is -2.51. The van der Waals surface area contributed by atoms with E-state index in [0.717, 1.165) is 11.3 Å². The highest BCUT2D eigenvalue weighted by atomic mass is 32.1. The topological polar surface area (TPSA) is 193 Å². The van der Waals surface area contributed by atoms with Crippen LogP contribution in [0.1, 0.15) is 50.9 Å². The third-order valence-electron chi connectivity index (χ3n) is 8.74. The molecule has 2 aliphatic carbocycles. The molecule has 242 valence electrons. The molecular formula is C30H39FN8O5S. The zero-order valence-electron chi connectivity index (χ0n) is 25.9. The third kappa shape index (κ3) is 5.88. The number of fused-ring (bicyclic) bond motifs is 2. The second-order valence-corrected chi connectivity index (χ2v) is 13.2. The van der Waals surface area contributed by atoms with Crippen LogP contribution in [0.2, 0.25) is 0 Å². The fourth-order valence-corrected chi connectivity index (χ4v) is 6.56. The summed E-state index contributed by atoms with van der Waals surface area (Å²) in [6, 6.07) is 0.527. The van der Waals surface area contributed by atoms with Crippen molar-refractivity contribution < 1.29 is 28.6 Å². The van der Waals surface area contributed by atoms with Gasteiger partial charge in [0.1, 0.15) is 18.2 Å². The van der Waals surface area contributed by atoms with Crippen molar-refractivity contribution in [3.63, 3.8) is 0 Å². The molecule has 15 heteroatoms. The SMILES string of the molecule is CNC(=O)[C@@]12CC1C(n1cnc3c(NC)nc(C#Cc4ccc(F)s4)nc31)[C@H](OC(O)[C@@H](N)C(C)C)[C@@H]2OC(=O)[C@@H](N)C(C)C. The molecule has 3 aromatic heterocycles. The number of aliphatic hydroxyl groups excluding tert-OH is 1. The third-order valence-corrected chi connectivity index (χ3v) is 9.53. The van der Waals surface area contributed by atoms with E-state index < -0.39 is 48.0 Å². The van der Waals surface area contributed by atoms with Gasteiger partial charge in [-0.15, -0.1) is 0 Å². The number of amides is 1. The summed E-state index contributed by atoms with van der Waals surface area (Å²) < 4.78 is 27.6. The second-order valence-electron chi connectivity index (χ2n) is 12.2. The highest BCUT2D eigenvalue weighted by molar-refractivity contribution is 7.10. The summed E-state index contributed by atoms with van der Waals surface area (Å²) in [5.74, 6) is 4.57. The molecule has 0 aliphatic heterocycles. The van der Waals surface area contributed by atoms with Crippen LogP contribution in [-0.2, 0) is 19.1 Å². The lowest BCUT2D eigenvalue weighted by molar-refractivity contribution is -0.203. The Bertz CT molecular complexity index is 1650. The molecule has 0 aromatic carbocycles. The molecule has 3 heterocycles. The van der Waals surface area contributed by atoms with Gasteiger partial charge < -0.3 is 41.2 Å². The first kappa shape index (κ1) is 32.7. The standard InChI is InChI=1S/C30H39FN8O5S/c1-13(2)19(32)27(40)43-23-22(16-11-30(16,29(42)35-6)24(23)44-28(41)20(33)14(3)4)39-12-36-21-25(34-5)37-18(38-26(21)39)10-8-15-7-9-17(31)45-15/h7,9,12-14,16,19-20,22-24,27,40H,11,32-33H2,1-6H3,(H,35,42)(H,34,37,38)/t16?,19-,20-,22?,23-,24-,27?,30-/m0/s1. The number of nitrogens with zero attached hydrogens (tertiary/aromatic N) is 4. The quantitative estimate of drug-likeness (QED) is 0.122. The number of hydrogen-bond donors (Lipinski definition) is 5. The Balaban J connectivity index is 1.63. The number of thiophene rings is 1. The number of anilines is 1. The molecule has 5 rings (SSSR count). The molecular weight excluding hydrogens is 603 g/mol. The van der Waals surface area contributed by atoms with E-state index in [1.54, 1.807) is 37.9 Å². The summed E-state index contributed by atoms with van der Waals surface area (Å²) in [4.78, 5) is 41.0. The van der Waals surface area contributed by atoms with Gasteiger partial charge in [-0.25, -0.2) is 15.0 Å². The number of carbonyl (C=O) groups excluding carboxylic acids is 2. The van der Waals surface area contributed by atoms with Gasteiger partial charge in [-0.3, -0.25) is 9.59 Å². The molecule has 2 saturated carbocycles. The number of carbonyl (C=O) groups is 2. The number of aromatic nitrogens is 4. The van der Waals surface area contributed by atoms with Gasteiger partial charge in [0.2, 0.25) is 11.7 Å². The number of nitrogens with one attached hydrogen (secondary N) is 2. The Morgan fingerprint density at radius 2 is 1.91 bits per heavy atom. The Labute approximate surface area is 264 Å². The van der Waals surface area contributed by atoms with E-state index in [2.05, 4.69) is 37.4 Å². The maximum Gasteiger partial charge on any atom is 0.323 e. The fraction of sp³-hybridized carbons (Fsp3) is 0.567. The van der Waals surface area contributed by atoms with Crippen LogP contribution in [0.3, 0.4) is 0 Å². The molecule has 3 aromatic rings. The van der Waals surface area contributed by atoms with Gasteiger partial charge in [-0.05, 0) is 42.2 Å². The van der Waals surface area contributed by atoms with Crippen molar-refractivity contribution in [1.82, 2.24) is 24.8 Å². The largest absolute Gasteiger partial charge is 0.457 e. The van der Waals surface area contributed by atoms with Gasteiger partial charge in [0.05, 0.1) is 28.7 Å². The highest BCUT2D eigenvalue weighted by Gasteiger charge is 2.78. The number of aliphatic hydroxyl groups is 1. The van der Waals surface area contributed by atoms with Crippen LogP contribution in [0.15, 0.2) is 18.5 Å². The molecule has 3 unspecified atom stereocenters. The maximum absolute atomic E-state index is 13.5. The molecule has 45 heavy (non-hydrogen) atoms. The molecule has 0 spiro atoms. The van der Waals surface area contributed by atoms with Gasteiger partial charge in [0, 0.05) is 20.0 Å². The van der Waals surface area contributed by atoms with Crippen LogP contribution < -0.4 is 22.1 Å². The van der Waals surface area contributed by atoms with E-state index in [0.29, 0.717) is 28.3 Å². The van der Waals surface area contributed by atoms with Crippen molar-refractivity contribution in [2.24, 2.45) is 34.6 Å². The summed E-state index contributed by atoms with van der Waals surface area (Å²) in [6.45, 7) is 7.28. The number of imidazole rings is 1. The molecule has 13 nitrogen and oxygen atoms in total. The van der Waals surface area contributed by atoms with Crippen molar-refractivity contribution in [1.29, 1.82) is 0 Å². The Morgan fingerprint density at radius 3 is 2.51 bits per heavy atom. The summed E-state index contributed by atoms with van der Waals surface area (Å²) in [5, 5.41) is 16.5. The summed E-state index contributed by atoms with van der Waals surface area (Å²) >= 11 is 0.907. The second kappa shape index (κ2) is 12.6. The van der Waals surface area contributed by atoms with E-state index in [4.69, 9.17) is 20.9 Å². The minimum atomic E-state index is -1.44. The predicted octanol–water partition coefficient (Wildman–Crippen LogP) is 1.36. The zero-order chi connectivity index (χ0) is 32.8. The summed E-state index contributed by atoms with van der Waals surface area (Å²) in [7, 11) is 3.20. The monoisotopic (exact) mass is 642 g/mol. The Hall–Kier alpha value is -3.68. The number of nitrogens with two attached hydrogens (primary N) is 2. The minimum absolute atomic E-state index is 0.143. The van der Waals surface area contributed by atoms with Gasteiger partial charge in [-0.1, -0.05) is 39.0 Å². The summed E-state index contributed by atoms with van der Waals surface area (Å²) in [6.07, 6.45) is -1.65. The number of esters is 1. The fourth-order valence-electron chi connectivity index (χ4n) is 5.98. The van der Waals surface area contributed by atoms with E-state index >= 15 is 0 Å². The number of halogens is 1. The number of ether oxygens (including phenoxy) is 2. The smallest absolute Gasteiger partial charge is 0.323 e. The van der Waals surface area contributed by atoms with Crippen LogP contribution in [0.25, 0.3) is 11.2 Å². The van der Waals surface area contributed by atoms with E-state index in [1.165, 1.54) is 13.1 Å². The van der Waals surface area contributed by atoms with Crippen molar-refractivity contribution in [2.45, 2.75) is 70.7 Å². The van der Waals surface area contributed by atoms with Crippen molar-refractivity contribution in [2.75, 3.05) is 19.4 Å². The van der Waals surface area contributed by atoms with Crippen LogP contribution in [0, 0.1) is 40.1 Å². The summed E-state index contributed by atoms with van der Waals surface area (Å²) in [5.41, 5.74) is 12.1. The van der Waals surface area contributed by atoms with Crippen LogP contribution in [0.5, 0.6) is 0 Å². The van der Waals surface area contributed by atoms with Crippen LogP contribution >= 0.6 is 11.3 Å². The van der Waals surface area contributed by atoms with Gasteiger partial charge >= 0.3 is 5.97 Å². The van der Waals surface area contributed by atoms with E-state index in [-0.39, 0.29) is 34.6 Å². The molecule has 8 atom stereocenters. The Kier molecular flexibility index (Phi) is 9.16. The van der Waals surface area contributed by atoms with Crippen LogP contribution in [0.4, 0.5) is 10.2 Å². The van der Waals surface area contributed by atoms with Gasteiger partial charge in [-0.2, -0.15) is 4.39 Å². The maximum atomic E-state index is 13.5.